The SMILES string of the molecule is CN(C)c1ccc2c(-c3ccc(C(=O)NCCNC(=O)O[C@@H]4[C@H](O)[C@@H](COP(=O)(O)OP(=O)(O)OP(=O)(O)O)O[C@H]4n4cnc5c(=O)[nH]c(N)nc54)cc3C(=O)O)c3ccc(=[N+](C)C)cc-3oc2c1. The normalized spacial score (nSPS) is 19.0. The Morgan fingerprint density at radius 3 is 2.35 bits per heavy atom. The molecular weight excluding hydrogens is 979 g/mol. The van der Waals surface area contributed by atoms with Crippen molar-refractivity contribution in [1.82, 2.24) is 34.7 Å². The molecule has 2 aromatic carbocycles. The van der Waals surface area contributed by atoms with Crippen LogP contribution in [0, 0.1) is 0 Å². The van der Waals surface area contributed by atoms with Crippen LogP contribution in [-0.2, 0) is 36.3 Å². The second-order valence-corrected chi connectivity index (χ2v) is 19.9. The number of carboxylic acids is 1. The lowest BCUT2D eigenvalue weighted by Gasteiger charge is -2.22. The van der Waals surface area contributed by atoms with Crippen molar-refractivity contribution in [2.45, 2.75) is 24.5 Å². The third-order valence-electron chi connectivity index (χ3n) is 10.3. The van der Waals surface area contributed by atoms with Gasteiger partial charge in [-0.3, -0.25) is 23.7 Å². The monoisotopic (exact) mass is 1020 g/mol. The van der Waals surface area contributed by atoms with E-state index < -0.39 is 78.1 Å². The average Bonchev–Trinajstić information content (AvgIpc) is 3.81. The predicted molar refractivity (Wildman–Crippen MR) is 240 cm³/mol. The van der Waals surface area contributed by atoms with E-state index in [4.69, 9.17) is 29.4 Å². The molecule has 1 aliphatic carbocycles. The highest BCUT2D eigenvalue weighted by molar-refractivity contribution is 7.66. The highest BCUT2D eigenvalue weighted by Gasteiger charge is 2.50. The lowest BCUT2D eigenvalue weighted by Crippen LogP contribution is -2.41. The summed E-state index contributed by atoms with van der Waals surface area (Å²) in [5.41, 5.74) is 7.00. The number of ether oxygens (including phenoxy) is 2. The van der Waals surface area contributed by atoms with Crippen molar-refractivity contribution >= 4 is 75.2 Å². The maximum absolute atomic E-state index is 13.4. The summed E-state index contributed by atoms with van der Waals surface area (Å²) < 4.78 is 67.6. The summed E-state index contributed by atoms with van der Waals surface area (Å²) in [6.07, 6.45) is -7.37. The number of hydrogen-bond acceptors (Lipinski definition) is 18. The van der Waals surface area contributed by atoms with E-state index >= 15 is 0 Å². The largest absolute Gasteiger partial charge is 0.490 e. The molecular formula is C38H43N9O19P3+. The number of fused-ring (bicyclic) bond motifs is 3. The van der Waals surface area contributed by atoms with Crippen LogP contribution in [0.25, 0.3) is 44.6 Å². The number of imidazole rings is 1. The van der Waals surface area contributed by atoms with Crippen LogP contribution in [0.2, 0.25) is 0 Å². The van der Waals surface area contributed by atoms with Crippen LogP contribution in [-0.4, -0.2) is 133 Å². The fourth-order valence-corrected chi connectivity index (χ4v) is 10.2. The lowest BCUT2D eigenvalue weighted by atomic mass is 9.89. The van der Waals surface area contributed by atoms with E-state index in [1.807, 2.05) is 74.1 Å². The summed E-state index contributed by atoms with van der Waals surface area (Å²) in [6.45, 7) is -1.73. The van der Waals surface area contributed by atoms with Crippen LogP contribution in [0.5, 0.6) is 0 Å². The number of carbonyl (C=O) groups is 3. The van der Waals surface area contributed by atoms with Gasteiger partial charge < -0.3 is 64.9 Å². The third-order valence-corrected chi connectivity index (χ3v) is 14.1. The number of aliphatic hydroxyl groups is 1. The predicted octanol–water partition coefficient (Wildman–Crippen LogP) is 1.14. The molecule has 368 valence electrons. The first kappa shape index (κ1) is 50.5. The van der Waals surface area contributed by atoms with Crippen LogP contribution < -0.4 is 36.8 Å². The van der Waals surface area contributed by atoms with E-state index in [0.717, 1.165) is 21.9 Å². The second kappa shape index (κ2) is 19.6. The van der Waals surface area contributed by atoms with E-state index in [-0.39, 0.29) is 41.3 Å². The summed E-state index contributed by atoms with van der Waals surface area (Å²) >= 11 is 0. The number of phosphoric ester groups is 1. The van der Waals surface area contributed by atoms with Gasteiger partial charge in [0, 0.05) is 67.1 Å². The fraction of sp³-hybridized carbons (Fsp3) is 0.289. The molecule has 31 heteroatoms. The molecule has 4 aromatic rings. The van der Waals surface area contributed by atoms with Gasteiger partial charge in [0.1, 0.15) is 37.6 Å². The number of carboxylic acid groups (broad SMARTS) is 1. The Balaban J connectivity index is 1.06. The molecule has 2 unspecified atom stereocenters. The van der Waals surface area contributed by atoms with Crippen molar-refractivity contribution in [3.8, 4) is 22.5 Å². The summed E-state index contributed by atoms with van der Waals surface area (Å²) in [4.78, 5) is 101. The number of aromatic amines is 1. The number of aromatic carboxylic acids is 1. The molecule has 1 saturated heterocycles. The first-order chi connectivity index (χ1) is 32.3. The van der Waals surface area contributed by atoms with Crippen molar-refractivity contribution < 1.29 is 84.9 Å². The first-order valence-corrected chi connectivity index (χ1v) is 24.5. The Bertz CT molecular complexity index is 3260. The average molecular weight is 1020 g/mol. The number of alkyl carbamates (subject to hydrolysis) is 1. The lowest BCUT2D eigenvalue weighted by molar-refractivity contribution is -0.0522. The molecule has 2 aromatic heterocycles. The summed E-state index contributed by atoms with van der Waals surface area (Å²) in [7, 11) is -9.85. The smallest absolute Gasteiger partial charge is 0.478 e. The number of anilines is 2. The minimum absolute atomic E-state index is 0.0327. The van der Waals surface area contributed by atoms with Crippen molar-refractivity contribution in [1.29, 1.82) is 0 Å². The van der Waals surface area contributed by atoms with E-state index in [9.17, 15) is 52.9 Å². The zero-order valence-corrected chi connectivity index (χ0v) is 39.0. The number of nitrogen functional groups attached to an aromatic ring is 1. The van der Waals surface area contributed by atoms with Gasteiger partial charge in [0.25, 0.3) is 11.5 Å². The Morgan fingerprint density at radius 1 is 0.957 bits per heavy atom. The van der Waals surface area contributed by atoms with E-state index in [2.05, 4.69) is 38.7 Å². The highest BCUT2D eigenvalue weighted by atomic mass is 31.3. The minimum Gasteiger partial charge on any atom is -0.478 e. The Morgan fingerprint density at radius 2 is 1.67 bits per heavy atom. The zero-order chi connectivity index (χ0) is 50.3. The van der Waals surface area contributed by atoms with Gasteiger partial charge in [-0.2, -0.15) is 13.6 Å². The van der Waals surface area contributed by atoms with Crippen molar-refractivity contribution in [2.24, 2.45) is 0 Å². The number of carbonyl (C=O) groups excluding carboxylic acids is 2. The molecule has 0 radical (unpaired) electrons. The Kier molecular flexibility index (Phi) is 14.3. The van der Waals surface area contributed by atoms with Crippen LogP contribution >= 0.6 is 23.5 Å². The van der Waals surface area contributed by atoms with E-state index in [0.29, 0.717) is 33.4 Å². The van der Waals surface area contributed by atoms with Crippen molar-refractivity contribution in [3.63, 3.8) is 0 Å². The Labute approximate surface area is 387 Å². The van der Waals surface area contributed by atoms with Gasteiger partial charge in [0.2, 0.25) is 11.3 Å². The molecule has 1 fully saturated rings. The first-order valence-electron chi connectivity index (χ1n) is 19.9. The number of nitrogens with zero attached hydrogens (tertiary/aromatic N) is 5. The maximum Gasteiger partial charge on any atom is 0.490 e. The molecule has 0 spiro atoms. The van der Waals surface area contributed by atoms with Crippen LogP contribution in [0.15, 0.2) is 70.1 Å². The van der Waals surface area contributed by atoms with Crippen molar-refractivity contribution in [2.75, 3.05) is 58.5 Å². The molecule has 4 heterocycles. The summed E-state index contributed by atoms with van der Waals surface area (Å²) in [5.74, 6) is -1.91. The number of amides is 2. The molecule has 0 saturated carbocycles. The number of hydrogen-bond donors (Lipinski definition) is 10. The number of nitrogens with one attached hydrogen (secondary N) is 3. The van der Waals surface area contributed by atoms with Crippen LogP contribution in [0.3, 0.4) is 0 Å². The van der Waals surface area contributed by atoms with Gasteiger partial charge in [-0.15, -0.1) is 0 Å². The molecule has 11 N–H and O–H groups in total. The van der Waals surface area contributed by atoms with E-state index in [1.165, 1.54) is 18.2 Å². The Hall–Kier alpha value is -6.38. The van der Waals surface area contributed by atoms with Gasteiger partial charge in [-0.25, -0.2) is 32.8 Å². The molecule has 6 atom stereocenters. The van der Waals surface area contributed by atoms with Gasteiger partial charge in [-0.1, -0.05) is 6.07 Å². The molecule has 69 heavy (non-hydrogen) atoms. The standard InChI is InChI=1S/C38H42N9O19P3/c1-45(2)19-6-9-22-25(14-19)62-26-15-20(46(3)4)7-10-23(26)28(22)21-8-5-18(13-24(21)36(51)52)33(49)40-11-12-41-38(53)64-31-30(48)27(16-61-68(57,58)66-69(59,60)65-67(54,55)56)63-35(31)47-17-42-29-32(47)43-37(39)44-34(29)50/h5-10,13-15,17,27,30-31,35,48H,11-12,16H2,1-4H3,(H9-,39,40,41,43,44,49,50,51,52,53,54,55,56,57,58,59,60)/p+1/t27-,30-,31-,35-/m1/s1. The van der Waals surface area contributed by atoms with Crippen molar-refractivity contribution in [3.05, 3.63) is 87.8 Å². The van der Waals surface area contributed by atoms with Gasteiger partial charge in [0.05, 0.1) is 24.6 Å². The van der Waals surface area contributed by atoms with E-state index in [1.54, 1.807) is 0 Å². The van der Waals surface area contributed by atoms with Crippen LogP contribution in [0.1, 0.15) is 26.9 Å². The van der Waals surface area contributed by atoms with Gasteiger partial charge >= 0.3 is 35.5 Å². The maximum atomic E-state index is 13.4. The topological polar surface area (TPSA) is 403 Å². The molecule has 28 nitrogen and oxygen atoms in total. The number of aliphatic hydroxyl groups excluding tert-OH is 1. The summed E-state index contributed by atoms with van der Waals surface area (Å²) in [5, 5.41) is 28.1. The summed E-state index contributed by atoms with van der Waals surface area (Å²) in [6, 6.07) is 15.3. The third kappa shape index (κ3) is 11.4. The molecule has 2 aliphatic heterocycles. The molecule has 3 aliphatic rings. The quantitative estimate of drug-likeness (QED) is 0.0281. The zero-order valence-electron chi connectivity index (χ0n) is 36.3. The fourth-order valence-electron chi connectivity index (χ4n) is 7.21. The number of phosphoric acid groups is 3. The van der Waals surface area contributed by atoms with Gasteiger partial charge in [-0.05, 0) is 35.9 Å². The number of benzene rings is 3. The number of rotatable bonds is 16. The molecule has 7 rings (SSSR count). The molecule has 2 amide bonds. The number of nitrogens with two attached hydrogens (primary N) is 1. The minimum atomic E-state index is -5.91. The molecule has 0 bridgehead atoms. The second-order valence-electron chi connectivity index (χ2n) is 15.5. The van der Waals surface area contributed by atoms with Crippen LogP contribution in [0.4, 0.5) is 16.4 Å². The highest BCUT2D eigenvalue weighted by Crippen LogP contribution is 2.66. The number of aromatic nitrogens is 4. The van der Waals surface area contributed by atoms with Gasteiger partial charge in [0.15, 0.2) is 23.5 Å². The number of H-pyrrole nitrogens is 1.